The van der Waals surface area contributed by atoms with Crippen molar-refractivity contribution < 1.29 is 19.1 Å². The molecule has 1 heterocycles. The van der Waals surface area contributed by atoms with E-state index in [0.29, 0.717) is 11.3 Å². The molecule has 0 aliphatic carbocycles. The van der Waals surface area contributed by atoms with E-state index in [0.717, 1.165) is 0 Å². The van der Waals surface area contributed by atoms with Gasteiger partial charge in [0.15, 0.2) is 5.76 Å². The van der Waals surface area contributed by atoms with Crippen molar-refractivity contribution in [2.24, 2.45) is 0 Å². The summed E-state index contributed by atoms with van der Waals surface area (Å²) in [6.07, 6.45) is 0. The molecular formula is C12H17NO4. The molecule has 0 radical (unpaired) electrons. The first-order valence-electron chi connectivity index (χ1n) is 5.26. The van der Waals surface area contributed by atoms with E-state index in [2.05, 4.69) is 0 Å². The van der Waals surface area contributed by atoms with E-state index in [1.165, 1.54) is 25.8 Å². The first-order chi connectivity index (χ1) is 7.67. The molecule has 0 saturated carbocycles. The normalized spacial score (nSPS) is 11.4. The molecule has 17 heavy (non-hydrogen) atoms. The number of carboxylic acids is 1. The standard InChI is InChI=1S/C12H17NO4/c1-7-6-8(2)17-9(7)10(14)13(5)12(3,4)11(15)16/h6H,1-5H3,(H,15,16). The number of carbonyl (C=O) groups is 2. The second-order valence-electron chi connectivity index (χ2n) is 4.60. The summed E-state index contributed by atoms with van der Waals surface area (Å²) in [5.41, 5.74) is -0.565. The molecule has 0 aromatic carbocycles. The lowest BCUT2D eigenvalue weighted by molar-refractivity contribution is -0.147. The van der Waals surface area contributed by atoms with Gasteiger partial charge in [-0.1, -0.05) is 0 Å². The van der Waals surface area contributed by atoms with Gasteiger partial charge < -0.3 is 14.4 Å². The first-order valence-corrected chi connectivity index (χ1v) is 5.26. The third-order valence-corrected chi connectivity index (χ3v) is 2.90. The van der Waals surface area contributed by atoms with E-state index in [4.69, 9.17) is 9.52 Å². The number of carbonyl (C=O) groups excluding carboxylic acids is 1. The molecule has 94 valence electrons. The molecule has 1 N–H and O–H groups in total. The predicted octanol–water partition coefficient (Wildman–Crippen LogP) is 1.83. The third-order valence-electron chi connectivity index (χ3n) is 2.90. The Hall–Kier alpha value is -1.78. The van der Waals surface area contributed by atoms with Crippen molar-refractivity contribution in [2.45, 2.75) is 33.2 Å². The van der Waals surface area contributed by atoms with Crippen LogP contribution in [0.25, 0.3) is 0 Å². The van der Waals surface area contributed by atoms with Gasteiger partial charge in [-0.2, -0.15) is 0 Å². The maximum absolute atomic E-state index is 12.1. The Bertz CT molecular complexity index is 459. The summed E-state index contributed by atoms with van der Waals surface area (Å²) in [5.74, 6) is -0.663. The highest BCUT2D eigenvalue weighted by molar-refractivity contribution is 5.96. The Morgan fingerprint density at radius 3 is 2.24 bits per heavy atom. The van der Waals surface area contributed by atoms with Crippen LogP contribution in [0.1, 0.15) is 35.7 Å². The van der Waals surface area contributed by atoms with Gasteiger partial charge in [0.25, 0.3) is 5.91 Å². The van der Waals surface area contributed by atoms with Crippen LogP contribution in [-0.2, 0) is 4.79 Å². The summed E-state index contributed by atoms with van der Waals surface area (Å²) in [6.45, 7) is 6.44. The number of nitrogens with zero attached hydrogens (tertiary/aromatic N) is 1. The average Bonchev–Trinajstić information content (AvgIpc) is 2.55. The van der Waals surface area contributed by atoms with E-state index >= 15 is 0 Å². The molecule has 0 aliphatic rings. The zero-order chi connectivity index (χ0) is 13.4. The quantitative estimate of drug-likeness (QED) is 0.873. The smallest absolute Gasteiger partial charge is 0.329 e. The fourth-order valence-electron chi connectivity index (χ4n) is 1.40. The van der Waals surface area contributed by atoms with Gasteiger partial charge in [0.1, 0.15) is 11.3 Å². The van der Waals surface area contributed by atoms with Crippen molar-refractivity contribution in [3.8, 4) is 0 Å². The fraction of sp³-hybridized carbons (Fsp3) is 0.500. The van der Waals surface area contributed by atoms with Gasteiger partial charge in [-0.25, -0.2) is 4.79 Å². The lowest BCUT2D eigenvalue weighted by Gasteiger charge is -2.30. The van der Waals surface area contributed by atoms with Crippen LogP contribution in [0.15, 0.2) is 10.5 Å². The van der Waals surface area contributed by atoms with Crippen LogP contribution < -0.4 is 0 Å². The van der Waals surface area contributed by atoms with Gasteiger partial charge in [-0.15, -0.1) is 0 Å². The zero-order valence-corrected chi connectivity index (χ0v) is 10.7. The largest absolute Gasteiger partial charge is 0.480 e. The summed E-state index contributed by atoms with van der Waals surface area (Å²) in [7, 11) is 1.45. The number of amides is 1. The monoisotopic (exact) mass is 239 g/mol. The molecule has 1 rings (SSSR count). The van der Waals surface area contributed by atoms with E-state index < -0.39 is 17.4 Å². The van der Waals surface area contributed by atoms with Crippen molar-refractivity contribution in [1.29, 1.82) is 0 Å². The molecule has 5 nitrogen and oxygen atoms in total. The molecule has 1 amide bonds. The number of furan rings is 1. The molecule has 0 fully saturated rings. The highest BCUT2D eigenvalue weighted by atomic mass is 16.4. The van der Waals surface area contributed by atoms with Crippen LogP contribution in [0.3, 0.4) is 0 Å². The summed E-state index contributed by atoms with van der Waals surface area (Å²) in [6, 6.07) is 1.74. The highest BCUT2D eigenvalue weighted by Crippen LogP contribution is 2.20. The second kappa shape index (κ2) is 4.24. The molecule has 0 saturated heterocycles. The number of aliphatic carboxylic acids is 1. The maximum atomic E-state index is 12.1. The summed E-state index contributed by atoms with van der Waals surface area (Å²) < 4.78 is 5.29. The van der Waals surface area contributed by atoms with Crippen molar-refractivity contribution in [3.63, 3.8) is 0 Å². The summed E-state index contributed by atoms with van der Waals surface area (Å²) in [5, 5.41) is 9.06. The summed E-state index contributed by atoms with van der Waals surface area (Å²) >= 11 is 0. The van der Waals surface area contributed by atoms with Crippen LogP contribution in [0.5, 0.6) is 0 Å². The molecule has 0 aliphatic heterocycles. The van der Waals surface area contributed by atoms with Crippen LogP contribution >= 0.6 is 0 Å². The Labute approximate surface area is 100 Å². The lowest BCUT2D eigenvalue weighted by Crippen LogP contribution is -2.50. The average molecular weight is 239 g/mol. The van der Waals surface area contributed by atoms with Crippen molar-refractivity contribution in [1.82, 2.24) is 4.90 Å². The molecule has 0 atom stereocenters. The van der Waals surface area contributed by atoms with E-state index in [9.17, 15) is 9.59 Å². The lowest BCUT2D eigenvalue weighted by atomic mass is 10.0. The minimum Gasteiger partial charge on any atom is -0.480 e. The van der Waals surface area contributed by atoms with Gasteiger partial charge in [0.05, 0.1) is 0 Å². The Morgan fingerprint density at radius 1 is 1.35 bits per heavy atom. The summed E-state index contributed by atoms with van der Waals surface area (Å²) in [4.78, 5) is 24.3. The van der Waals surface area contributed by atoms with Crippen LogP contribution in [0, 0.1) is 13.8 Å². The van der Waals surface area contributed by atoms with Crippen molar-refractivity contribution >= 4 is 11.9 Å². The number of likely N-dealkylation sites (N-methyl/N-ethyl adjacent to an activating group) is 1. The maximum Gasteiger partial charge on any atom is 0.329 e. The number of aryl methyl sites for hydroxylation is 2. The number of carboxylic acid groups (broad SMARTS) is 1. The minimum absolute atomic E-state index is 0.194. The van der Waals surface area contributed by atoms with Gasteiger partial charge in [-0.3, -0.25) is 4.79 Å². The van der Waals surface area contributed by atoms with E-state index in [1.807, 2.05) is 0 Å². The zero-order valence-electron chi connectivity index (χ0n) is 10.7. The molecule has 0 unspecified atom stereocenters. The van der Waals surface area contributed by atoms with Crippen LogP contribution in [0.4, 0.5) is 0 Å². The Balaban J connectivity index is 3.06. The SMILES string of the molecule is Cc1cc(C)c(C(=O)N(C)C(C)(C)C(=O)O)o1. The predicted molar refractivity (Wildman–Crippen MR) is 62.0 cm³/mol. The van der Waals surface area contributed by atoms with Crippen molar-refractivity contribution in [2.75, 3.05) is 7.05 Å². The Kier molecular flexibility index (Phi) is 3.31. The molecule has 1 aromatic heterocycles. The first kappa shape index (κ1) is 13.3. The van der Waals surface area contributed by atoms with E-state index in [1.54, 1.807) is 19.9 Å². The highest BCUT2D eigenvalue weighted by Gasteiger charge is 2.37. The second-order valence-corrected chi connectivity index (χ2v) is 4.60. The third kappa shape index (κ3) is 2.33. The van der Waals surface area contributed by atoms with Crippen molar-refractivity contribution in [3.05, 3.63) is 23.2 Å². The van der Waals surface area contributed by atoms with Crippen LogP contribution in [-0.4, -0.2) is 34.5 Å². The van der Waals surface area contributed by atoms with Gasteiger partial charge >= 0.3 is 5.97 Å². The Morgan fingerprint density at radius 2 is 1.88 bits per heavy atom. The topological polar surface area (TPSA) is 70.8 Å². The van der Waals surface area contributed by atoms with Gasteiger partial charge in [-0.05, 0) is 33.8 Å². The minimum atomic E-state index is -1.27. The molecule has 0 spiro atoms. The molecule has 0 bridgehead atoms. The van der Waals surface area contributed by atoms with Crippen LogP contribution in [0.2, 0.25) is 0 Å². The molecule has 5 heteroatoms. The molecular weight excluding hydrogens is 222 g/mol. The molecule has 1 aromatic rings. The fourth-order valence-corrected chi connectivity index (χ4v) is 1.40. The van der Waals surface area contributed by atoms with Gasteiger partial charge in [0.2, 0.25) is 0 Å². The van der Waals surface area contributed by atoms with E-state index in [-0.39, 0.29) is 5.76 Å². The number of rotatable bonds is 3. The number of hydrogen-bond donors (Lipinski definition) is 1. The van der Waals surface area contributed by atoms with Gasteiger partial charge in [0, 0.05) is 12.6 Å². The number of hydrogen-bond acceptors (Lipinski definition) is 3.